The van der Waals surface area contributed by atoms with Crippen molar-refractivity contribution in [1.29, 1.82) is 0 Å². The monoisotopic (exact) mass is 271 g/mol. The second-order valence-electron chi connectivity index (χ2n) is 4.46. The van der Waals surface area contributed by atoms with E-state index in [1.807, 2.05) is 33.0 Å². The molecule has 0 aliphatic carbocycles. The first kappa shape index (κ1) is 12.7. The third-order valence-corrected chi connectivity index (χ3v) is 3.22. The van der Waals surface area contributed by atoms with E-state index in [-0.39, 0.29) is 12.1 Å². The first-order valence-electron chi connectivity index (χ1n) is 5.02. The molecule has 1 rings (SSSR count). The molecule has 0 spiro atoms. The van der Waals surface area contributed by atoms with E-state index in [9.17, 15) is 5.11 Å². The maximum Gasteiger partial charge on any atom is 0.0610 e. The molecule has 84 valence electrons. The van der Waals surface area contributed by atoms with Gasteiger partial charge in [0.2, 0.25) is 0 Å². The highest BCUT2D eigenvalue weighted by molar-refractivity contribution is 9.10. The van der Waals surface area contributed by atoms with E-state index in [0.717, 1.165) is 11.0 Å². The van der Waals surface area contributed by atoms with Crippen LogP contribution in [0.5, 0.6) is 0 Å². The summed E-state index contributed by atoms with van der Waals surface area (Å²) in [4.78, 5) is 2.15. The van der Waals surface area contributed by atoms with Gasteiger partial charge in [-0.2, -0.15) is 0 Å². The summed E-state index contributed by atoms with van der Waals surface area (Å²) in [5, 5.41) is 9.25. The molecule has 0 aliphatic heterocycles. The molecule has 0 bridgehead atoms. The summed E-state index contributed by atoms with van der Waals surface area (Å²) in [6.45, 7) is 5.07. The van der Waals surface area contributed by atoms with Crippen LogP contribution in [0.4, 0.5) is 0 Å². The topological polar surface area (TPSA) is 23.5 Å². The first-order chi connectivity index (χ1) is 6.95. The van der Waals surface area contributed by atoms with Gasteiger partial charge >= 0.3 is 0 Å². The number of rotatable bonds is 4. The van der Waals surface area contributed by atoms with Crippen LogP contribution in [0.15, 0.2) is 28.7 Å². The Labute approximate surface area is 100 Å². The van der Waals surface area contributed by atoms with E-state index in [2.05, 4.69) is 33.0 Å². The summed E-state index contributed by atoms with van der Waals surface area (Å²) in [6, 6.07) is 8.23. The van der Waals surface area contributed by atoms with Gasteiger partial charge in [-0.05, 0) is 38.6 Å². The smallest absolute Gasteiger partial charge is 0.0610 e. The summed E-state index contributed by atoms with van der Waals surface area (Å²) in [6.07, 6.45) is 0. The van der Waals surface area contributed by atoms with Gasteiger partial charge in [0.1, 0.15) is 0 Å². The molecule has 0 atom stereocenters. The molecular formula is C12H18BrNO. The molecule has 0 unspecified atom stereocenters. The van der Waals surface area contributed by atoms with Crippen LogP contribution < -0.4 is 0 Å². The van der Waals surface area contributed by atoms with Crippen molar-refractivity contribution in [3.05, 3.63) is 34.3 Å². The molecule has 0 saturated heterocycles. The Hall–Kier alpha value is -0.380. The average Bonchev–Trinajstić information content (AvgIpc) is 2.17. The third-order valence-electron chi connectivity index (χ3n) is 2.73. The maximum absolute atomic E-state index is 9.25. The molecule has 0 aliphatic rings. The molecule has 0 saturated carbocycles. The second kappa shape index (κ2) is 5.10. The highest BCUT2D eigenvalue weighted by Gasteiger charge is 2.22. The molecule has 1 aromatic rings. The van der Waals surface area contributed by atoms with E-state index in [1.165, 1.54) is 5.56 Å². The van der Waals surface area contributed by atoms with Crippen molar-refractivity contribution in [2.75, 3.05) is 13.7 Å². The molecule has 0 fully saturated rings. The Bertz CT molecular complexity index is 325. The lowest BCUT2D eigenvalue weighted by molar-refractivity contribution is 0.0734. The van der Waals surface area contributed by atoms with Gasteiger partial charge in [0, 0.05) is 16.6 Å². The van der Waals surface area contributed by atoms with Crippen LogP contribution in [0.1, 0.15) is 19.4 Å². The molecule has 1 N–H and O–H groups in total. The Kier molecular flexibility index (Phi) is 4.32. The molecule has 0 heterocycles. The van der Waals surface area contributed by atoms with E-state index in [0.29, 0.717) is 0 Å². The van der Waals surface area contributed by atoms with Crippen LogP contribution in [-0.4, -0.2) is 29.2 Å². The molecule has 1 aromatic carbocycles. The summed E-state index contributed by atoms with van der Waals surface area (Å²) in [5.74, 6) is 0. The molecule has 0 radical (unpaired) electrons. The molecule has 0 aromatic heterocycles. The summed E-state index contributed by atoms with van der Waals surface area (Å²) >= 11 is 3.45. The Balaban J connectivity index is 2.70. The largest absolute Gasteiger partial charge is 0.394 e. The zero-order valence-corrected chi connectivity index (χ0v) is 11.1. The van der Waals surface area contributed by atoms with E-state index in [1.54, 1.807) is 0 Å². The molecule has 2 nitrogen and oxygen atoms in total. The molecular weight excluding hydrogens is 254 g/mol. The van der Waals surface area contributed by atoms with Gasteiger partial charge in [-0.3, -0.25) is 4.90 Å². The quantitative estimate of drug-likeness (QED) is 0.910. The number of aliphatic hydroxyl groups is 1. The number of aliphatic hydroxyl groups excluding tert-OH is 1. The number of hydrogen-bond donors (Lipinski definition) is 1. The predicted molar refractivity (Wildman–Crippen MR) is 66.8 cm³/mol. The highest BCUT2D eigenvalue weighted by atomic mass is 79.9. The Morgan fingerprint density at radius 3 is 2.60 bits per heavy atom. The fourth-order valence-corrected chi connectivity index (χ4v) is 1.69. The summed E-state index contributed by atoms with van der Waals surface area (Å²) in [5.41, 5.74) is 1.07. The van der Waals surface area contributed by atoms with Crippen molar-refractivity contribution in [3.63, 3.8) is 0 Å². The van der Waals surface area contributed by atoms with Crippen LogP contribution in [0.3, 0.4) is 0 Å². The van der Waals surface area contributed by atoms with Crippen molar-refractivity contribution >= 4 is 15.9 Å². The van der Waals surface area contributed by atoms with E-state index >= 15 is 0 Å². The van der Waals surface area contributed by atoms with Crippen molar-refractivity contribution in [3.8, 4) is 0 Å². The second-order valence-corrected chi connectivity index (χ2v) is 5.37. The minimum atomic E-state index is -0.178. The maximum atomic E-state index is 9.25. The van der Waals surface area contributed by atoms with Crippen molar-refractivity contribution in [2.45, 2.75) is 25.9 Å². The Morgan fingerprint density at radius 2 is 2.07 bits per heavy atom. The zero-order chi connectivity index (χ0) is 11.5. The number of likely N-dealkylation sites (N-methyl/N-ethyl adjacent to an activating group) is 1. The third kappa shape index (κ3) is 3.59. The number of benzene rings is 1. The van der Waals surface area contributed by atoms with Crippen molar-refractivity contribution in [2.24, 2.45) is 0 Å². The van der Waals surface area contributed by atoms with Crippen LogP contribution >= 0.6 is 15.9 Å². The van der Waals surface area contributed by atoms with E-state index < -0.39 is 0 Å². The highest BCUT2D eigenvalue weighted by Crippen LogP contribution is 2.17. The number of halogens is 1. The fraction of sp³-hybridized carbons (Fsp3) is 0.500. The van der Waals surface area contributed by atoms with Crippen LogP contribution in [0.25, 0.3) is 0 Å². The van der Waals surface area contributed by atoms with Gasteiger partial charge in [-0.1, -0.05) is 28.1 Å². The lowest BCUT2D eigenvalue weighted by atomic mass is 10.0. The molecule has 15 heavy (non-hydrogen) atoms. The van der Waals surface area contributed by atoms with Crippen LogP contribution in [0.2, 0.25) is 0 Å². The lowest BCUT2D eigenvalue weighted by Crippen LogP contribution is -2.43. The van der Waals surface area contributed by atoms with Gasteiger partial charge in [0.15, 0.2) is 0 Å². The van der Waals surface area contributed by atoms with Gasteiger partial charge in [-0.25, -0.2) is 0 Å². The SMILES string of the molecule is CN(Cc1cccc(Br)c1)C(C)(C)CO. The number of nitrogens with zero attached hydrogens (tertiary/aromatic N) is 1. The zero-order valence-electron chi connectivity index (χ0n) is 9.50. The minimum Gasteiger partial charge on any atom is -0.394 e. The average molecular weight is 272 g/mol. The van der Waals surface area contributed by atoms with Crippen LogP contribution in [0, 0.1) is 0 Å². The first-order valence-corrected chi connectivity index (χ1v) is 5.81. The molecule has 3 heteroatoms. The molecule has 0 amide bonds. The van der Waals surface area contributed by atoms with Gasteiger partial charge < -0.3 is 5.11 Å². The minimum absolute atomic E-state index is 0.164. The predicted octanol–water partition coefficient (Wildman–Crippen LogP) is 2.65. The van der Waals surface area contributed by atoms with Gasteiger partial charge in [0.05, 0.1) is 6.61 Å². The van der Waals surface area contributed by atoms with Crippen LogP contribution in [-0.2, 0) is 6.54 Å². The summed E-state index contributed by atoms with van der Waals surface area (Å²) in [7, 11) is 2.02. The van der Waals surface area contributed by atoms with Crippen molar-refractivity contribution in [1.82, 2.24) is 4.90 Å². The van der Waals surface area contributed by atoms with Gasteiger partial charge in [0.25, 0.3) is 0 Å². The standard InChI is InChI=1S/C12H18BrNO/c1-12(2,9-15)14(3)8-10-5-4-6-11(13)7-10/h4-7,15H,8-9H2,1-3H3. The van der Waals surface area contributed by atoms with Gasteiger partial charge in [-0.15, -0.1) is 0 Å². The number of hydrogen-bond acceptors (Lipinski definition) is 2. The Morgan fingerprint density at radius 1 is 1.40 bits per heavy atom. The lowest BCUT2D eigenvalue weighted by Gasteiger charge is -2.33. The van der Waals surface area contributed by atoms with E-state index in [4.69, 9.17) is 0 Å². The van der Waals surface area contributed by atoms with Crippen molar-refractivity contribution < 1.29 is 5.11 Å². The fourth-order valence-electron chi connectivity index (χ4n) is 1.24. The summed E-state index contributed by atoms with van der Waals surface area (Å²) < 4.78 is 1.09. The normalized spacial score (nSPS) is 12.1.